The van der Waals surface area contributed by atoms with Crippen LogP contribution in [0.2, 0.25) is 0 Å². The van der Waals surface area contributed by atoms with Crippen molar-refractivity contribution in [2.75, 3.05) is 6.54 Å². The van der Waals surface area contributed by atoms with Crippen molar-refractivity contribution in [2.24, 2.45) is 5.92 Å². The van der Waals surface area contributed by atoms with Crippen molar-refractivity contribution >= 4 is 5.91 Å². The lowest BCUT2D eigenvalue weighted by molar-refractivity contribution is -0.177. The van der Waals surface area contributed by atoms with Crippen molar-refractivity contribution in [1.82, 2.24) is 19.7 Å². The molecule has 1 fully saturated rings. The van der Waals surface area contributed by atoms with E-state index >= 15 is 0 Å². The first-order chi connectivity index (χ1) is 12.8. The number of nitrogens with zero attached hydrogens (tertiary/aromatic N) is 4. The van der Waals surface area contributed by atoms with E-state index in [9.17, 15) is 22.4 Å². The van der Waals surface area contributed by atoms with Crippen LogP contribution < -0.4 is 0 Å². The molecule has 0 bridgehead atoms. The number of aromatic nitrogens is 3. The van der Waals surface area contributed by atoms with Crippen molar-refractivity contribution in [2.45, 2.75) is 44.2 Å². The smallest absolute Gasteiger partial charge is 0.333 e. The summed E-state index contributed by atoms with van der Waals surface area (Å²) in [6.45, 7) is 1.35. The van der Waals surface area contributed by atoms with E-state index in [1.54, 1.807) is 0 Å². The standard InChI is InChI=1S/C18H18F4N4O/c1-10-12(18(20,21)22)7-8-25(10)17(27)15-23-16-13(19)9-14(26(16)24-15)11-5-3-2-4-6-11/h2-6,10,12-14H,7-9H2,1H3/t10-,12+,13-,14-/m0/s1. The topological polar surface area (TPSA) is 51.0 Å². The zero-order chi connectivity index (χ0) is 19.3. The highest BCUT2D eigenvalue weighted by Gasteiger charge is 2.50. The number of fused-ring (bicyclic) bond motifs is 1. The monoisotopic (exact) mass is 382 g/mol. The summed E-state index contributed by atoms with van der Waals surface area (Å²) in [7, 11) is 0. The number of hydrogen-bond acceptors (Lipinski definition) is 3. The first-order valence-corrected chi connectivity index (χ1v) is 8.80. The molecule has 9 heteroatoms. The molecule has 0 unspecified atom stereocenters. The average molecular weight is 382 g/mol. The van der Waals surface area contributed by atoms with Crippen molar-refractivity contribution < 1.29 is 22.4 Å². The Morgan fingerprint density at radius 2 is 1.93 bits per heavy atom. The highest BCUT2D eigenvalue weighted by molar-refractivity contribution is 5.91. The first kappa shape index (κ1) is 17.9. The van der Waals surface area contributed by atoms with Gasteiger partial charge in [-0.25, -0.2) is 14.1 Å². The van der Waals surface area contributed by atoms with Crippen LogP contribution >= 0.6 is 0 Å². The minimum Gasteiger partial charge on any atom is -0.333 e. The molecule has 3 heterocycles. The Bertz CT molecular complexity index is 851. The van der Waals surface area contributed by atoms with Gasteiger partial charge in [0.15, 0.2) is 12.0 Å². The van der Waals surface area contributed by atoms with Gasteiger partial charge in [-0.15, -0.1) is 5.10 Å². The SMILES string of the molecule is C[C@H]1[C@H](C(F)(F)F)CCN1C(=O)c1nc2n(n1)[C@H](c1ccccc1)C[C@@H]2F. The van der Waals surface area contributed by atoms with Gasteiger partial charge in [-0.05, 0) is 18.9 Å². The number of halogens is 4. The molecule has 1 aromatic carbocycles. The van der Waals surface area contributed by atoms with Gasteiger partial charge in [0.1, 0.15) is 0 Å². The summed E-state index contributed by atoms with van der Waals surface area (Å²) in [5, 5.41) is 4.16. The molecule has 2 aromatic rings. The Morgan fingerprint density at radius 3 is 2.56 bits per heavy atom. The summed E-state index contributed by atoms with van der Waals surface area (Å²) in [5.41, 5.74) is 0.842. The normalized spacial score (nSPS) is 27.8. The third kappa shape index (κ3) is 2.98. The molecular weight excluding hydrogens is 364 g/mol. The van der Waals surface area contributed by atoms with Crippen molar-refractivity contribution in [3.8, 4) is 0 Å². The van der Waals surface area contributed by atoms with Crippen LogP contribution in [0, 0.1) is 5.92 Å². The van der Waals surface area contributed by atoms with E-state index in [0.29, 0.717) is 0 Å². The lowest BCUT2D eigenvalue weighted by Gasteiger charge is -2.25. The molecule has 27 heavy (non-hydrogen) atoms. The van der Waals surface area contributed by atoms with Gasteiger partial charge in [0.2, 0.25) is 5.82 Å². The maximum absolute atomic E-state index is 14.4. The third-order valence-electron chi connectivity index (χ3n) is 5.48. The largest absolute Gasteiger partial charge is 0.393 e. The summed E-state index contributed by atoms with van der Waals surface area (Å²) in [6.07, 6.45) is -5.71. The summed E-state index contributed by atoms with van der Waals surface area (Å²) in [4.78, 5) is 17.8. The van der Waals surface area contributed by atoms with Crippen LogP contribution in [-0.4, -0.2) is 44.3 Å². The van der Waals surface area contributed by atoms with Gasteiger partial charge < -0.3 is 4.90 Å². The summed E-state index contributed by atoms with van der Waals surface area (Å²) in [5.74, 6) is -2.45. The Morgan fingerprint density at radius 1 is 1.22 bits per heavy atom. The molecular formula is C18H18F4N4O. The van der Waals surface area contributed by atoms with E-state index < -0.39 is 30.2 Å². The summed E-state index contributed by atoms with van der Waals surface area (Å²) in [6, 6.07) is 7.79. The summed E-state index contributed by atoms with van der Waals surface area (Å²) >= 11 is 0. The Hall–Kier alpha value is -2.45. The van der Waals surface area contributed by atoms with Crippen LogP contribution in [0.1, 0.15) is 54.0 Å². The number of benzene rings is 1. The molecule has 2 aliphatic heterocycles. The number of hydrogen-bond donors (Lipinski definition) is 0. The highest BCUT2D eigenvalue weighted by Crippen LogP contribution is 2.41. The Balaban J connectivity index is 1.60. The Kier molecular flexibility index (Phi) is 4.20. The second-order valence-corrected chi connectivity index (χ2v) is 7.04. The number of carbonyl (C=O) groups excluding carboxylic acids is 1. The van der Waals surface area contributed by atoms with Crippen molar-refractivity contribution in [1.29, 1.82) is 0 Å². The quantitative estimate of drug-likeness (QED) is 0.745. The number of alkyl halides is 4. The Labute approximate surface area is 153 Å². The molecule has 0 aliphatic carbocycles. The van der Waals surface area contributed by atoms with Crippen LogP contribution in [0.3, 0.4) is 0 Å². The maximum atomic E-state index is 14.4. The van der Waals surface area contributed by atoms with E-state index in [1.807, 2.05) is 30.3 Å². The van der Waals surface area contributed by atoms with Gasteiger partial charge >= 0.3 is 6.18 Å². The van der Waals surface area contributed by atoms with Crippen molar-refractivity contribution in [3.05, 3.63) is 47.5 Å². The number of amides is 1. The minimum atomic E-state index is -4.36. The predicted octanol–water partition coefficient (Wildman–Crippen LogP) is 3.69. The predicted molar refractivity (Wildman–Crippen MR) is 87.7 cm³/mol. The van der Waals surface area contributed by atoms with Crippen LogP contribution in [0.15, 0.2) is 30.3 Å². The third-order valence-corrected chi connectivity index (χ3v) is 5.48. The lowest BCUT2D eigenvalue weighted by Crippen LogP contribution is -2.40. The zero-order valence-electron chi connectivity index (χ0n) is 14.5. The lowest BCUT2D eigenvalue weighted by atomic mass is 10.0. The molecule has 4 rings (SSSR count). The molecule has 0 radical (unpaired) electrons. The van der Waals surface area contributed by atoms with Gasteiger partial charge in [-0.3, -0.25) is 4.79 Å². The molecule has 5 nitrogen and oxygen atoms in total. The molecule has 2 aliphatic rings. The van der Waals surface area contributed by atoms with Crippen LogP contribution in [0.4, 0.5) is 17.6 Å². The molecule has 0 saturated carbocycles. The van der Waals surface area contributed by atoms with Gasteiger partial charge in [-0.1, -0.05) is 30.3 Å². The van der Waals surface area contributed by atoms with Crippen LogP contribution in [0.25, 0.3) is 0 Å². The van der Waals surface area contributed by atoms with Gasteiger partial charge in [0, 0.05) is 19.0 Å². The first-order valence-electron chi connectivity index (χ1n) is 8.80. The van der Waals surface area contributed by atoms with Crippen LogP contribution in [0.5, 0.6) is 0 Å². The maximum Gasteiger partial charge on any atom is 0.393 e. The minimum absolute atomic E-state index is 0.0186. The summed E-state index contributed by atoms with van der Waals surface area (Å²) < 4.78 is 54.9. The van der Waals surface area contributed by atoms with E-state index in [1.165, 1.54) is 11.6 Å². The highest BCUT2D eigenvalue weighted by atomic mass is 19.4. The van der Waals surface area contributed by atoms with Crippen LogP contribution in [-0.2, 0) is 0 Å². The van der Waals surface area contributed by atoms with Gasteiger partial charge in [-0.2, -0.15) is 13.2 Å². The van der Waals surface area contributed by atoms with Gasteiger partial charge in [0.25, 0.3) is 5.91 Å². The molecule has 1 aromatic heterocycles. The number of rotatable bonds is 2. The molecule has 144 valence electrons. The second kappa shape index (κ2) is 6.31. The molecule has 4 atom stereocenters. The molecule has 1 amide bonds. The zero-order valence-corrected chi connectivity index (χ0v) is 14.5. The van der Waals surface area contributed by atoms with Gasteiger partial charge in [0.05, 0.1) is 12.0 Å². The van der Waals surface area contributed by atoms with E-state index in [2.05, 4.69) is 10.1 Å². The van der Waals surface area contributed by atoms with Crippen molar-refractivity contribution in [3.63, 3.8) is 0 Å². The number of carbonyl (C=O) groups is 1. The molecule has 1 saturated heterocycles. The molecule has 0 N–H and O–H groups in total. The fourth-order valence-corrected chi connectivity index (χ4v) is 4.01. The second-order valence-electron chi connectivity index (χ2n) is 7.04. The number of likely N-dealkylation sites (tertiary alicyclic amines) is 1. The van der Waals surface area contributed by atoms with E-state index in [4.69, 9.17) is 0 Å². The van der Waals surface area contributed by atoms with E-state index in [0.717, 1.165) is 10.5 Å². The fourth-order valence-electron chi connectivity index (χ4n) is 4.01. The molecule has 0 spiro atoms. The fraction of sp³-hybridized carbons (Fsp3) is 0.500. The average Bonchev–Trinajstić information content (AvgIpc) is 3.29. The van der Waals surface area contributed by atoms with E-state index in [-0.39, 0.29) is 37.1 Å².